The van der Waals surface area contributed by atoms with Crippen molar-refractivity contribution in [1.29, 1.82) is 0 Å². The molecule has 0 spiro atoms. The summed E-state index contributed by atoms with van der Waals surface area (Å²) in [5.74, 6) is 0.188. The van der Waals surface area contributed by atoms with E-state index in [0.29, 0.717) is 46.5 Å². The van der Waals surface area contributed by atoms with Crippen molar-refractivity contribution in [3.8, 4) is 23.0 Å². The van der Waals surface area contributed by atoms with E-state index in [9.17, 15) is 9.59 Å². The summed E-state index contributed by atoms with van der Waals surface area (Å²) in [5, 5.41) is 1.61. The first-order valence-corrected chi connectivity index (χ1v) is 11.9. The van der Waals surface area contributed by atoms with Gasteiger partial charge in [-0.05, 0) is 43.3 Å². The first-order valence-electron chi connectivity index (χ1n) is 11.9. The lowest BCUT2D eigenvalue weighted by Gasteiger charge is -2.30. The van der Waals surface area contributed by atoms with Crippen molar-refractivity contribution >= 4 is 23.2 Å². The molecule has 2 heterocycles. The summed E-state index contributed by atoms with van der Waals surface area (Å²) < 4.78 is 22.4. The Hall–Kier alpha value is -4.24. The minimum absolute atomic E-state index is 0.371. The van der Waals surface area contributed by atoms with Crippen LogP contribution in [0.2, 0.25) is 0 Å². The summed E-state index contributed by atoms with van der Waals surface area (Å²) in [6.45, 7) is 2.34. The van der Waals surface area contributed by atoms with Crippen molar-refractivity contribution in [2.75, 3.05) is 37.9 Å². The van der Waals surface area contributed by atoms with Crippen molar-refractivity contribution in [1.82, 2.24) is 0 Å². The minimum atomic E-state index is -1.02. The van der Waals surface area contributed by atoms with Gasteiger partial charge in [-0.25, -0.2) is 9.96 Å². The fourth-order valence-corrected chi connectivity index (χ4v) is 5.02. The van der Waals surface area contributed by atoms with Crippen LogP contribution in [0.3, 0.4) is 0 Å². The fourth-order valence-electron chi connectivity index (χ4n) is 5.02. The van der Waals surface area contributed by atoms with Crippen LogP contribution in [0.25, 0.3) is 0 Å². The second kappa shape index (κ2) is 10.0. The molecule has 0 aromatic heterocycles. The molecule has 2 aliphatic rings. The highest BCUT2D eigenvalue weighted by atomic mass is 16.7. The van der Waals surface area contributed by atoms with E-state index >= 15 is 0 Å². The highest BCUT2D eigenvalue weighted by molar-refractivity contribution is 6.24. The maximum absolute atomic E-state index is 14.0. The van der Waals surface area contributed by atoms with Gasteiger partial charge in [0, 0.05) is 11.6 Å². The molecular formula is C28H28N2O7. The first kappa shape index (κ1) is 24.5. The number of carbonyl (C=O) groups excluding carboxylic acids is 2. The Morgan fingerprint density at radius 1 is 0.811 bits per heavy atom. The van der Waals surface area contributed by atoms with Gasteiger partial charge in [0.25, 0.3) is 5.91 Å². The largest absolute Gasteiger partial charge is 0.494 e. The predicted octanol–water partition coefficient (Wildman–Crippen LogP) is 4.16. The van der Waals surface area contributed by atoms with E-state index in [1.54, 1.807) is 35.4 Å². The minimum Gasteiger partial charge on any atom is -0.494 e. The van der Waals surface area contributed by atoms with Crippen LogP contribution in [-0.2, 0) is 14.4 Å². The maximum atomic E-state index is 14.0. The number of para-hydroxylation sites is 1. The monoisotopic (exact) mass is 504 g/mol. The number of fused-ring (bicyclic) bond motifs is 1. The van der Waals surface area contributed by atoms with Crippen molar-refractivity contribution in [3.63, 3.8) is 0 Å². The standard InChI is InChI=1S/C28H28N2O7/c1-5-36-19-13-9-12-18(16-19)29-27(31)22-23(20-14-15-21(33-2)25(35-4)24(20)34-3)30(37-26(22)28(29)32)17-10-7-6-8-11-17/h6-16,22-23,26H,5H2,1-4H3/t22-,23+,26-/m1/s1. The predicted molar refractivity (Wildman–Crippen MR) is 136 cm³/mol. The summed E-state index contributed by atoms with van der Waals surface area (Å²) >= 11 is 0. The number of nitrogens with zero attached hydrogens (tertiary/aromatic N) is 2. The van der Waals surface area contributed by atoms with E-state index < -0.39 is 24.0 Å². The average molecular weight is 505 g/mol. The van der Waals surface area contributed by atoms with Crippen LogP contribution in [0.4, 0.5) is 11.4 Å². The number of anilines is 2. The summed E-state index contributed by atoms with van der Waals surface area (Å²) in [5.41, 5.74) is 1.76. The number of methoxy groups -OCH3 is 3. The molecule has 0 bridgehead atoms. The Morgan fingerprint density at radius 2 is 1.54 bits per heavy atom. The number of imide groups is 1. The topological polar surface area (TPSA) is 86.8 Å². The van der Waals surface area contributed by atoms with Gasteiger partial charge in [-0.2, -0.15) is 0 Å². The molecule has 0 aliphatic carbocycles. The number of amides is 2. The second-order valence-corrected chi connectivity index (χ2v) is 8.52. The molecule has 9 heteroatoms. The maximum Gasteiger partial charge on any atom is 0.266 e. The number of benzene rings is 3. The Kier molecular flexibility index (Phi) is 6.62. The molecule has 37 heavy (non-hydrogen) atoms. The molecule has 9 nitrogen and oxygen atoms in total. The lowest BCUT2D eigenvalue weighted by Crippen LogP contribution is -2.37. The van der Waals surface area contributed by atoms with Crippen molar-refractivity contribution < 1.29 is 33.4 Å². The number of rotatable bonds is 8. The Labute approximate surface area is 215 Å². The number of hydrogen-bond donors (Lipinski definition) is 0. The third kappa shape index (κ3) is 4.01. The molecule has 2 amide bonds. The molecule has 2 aliphatic heterocycles. The van der Waals surface area contributed by atoms with E-state index in [1.165, 1.54) is 26.2 Å². The van der Waals surface area contributed by atoms with Crippen LogP contribution in [-0.4, -0.2) is 45.9 Å². The zero-order chi connectivity index (χ0) is 26.1. The smallest absolute Gasteiger partial charge is 0.266 e. The molecule has 0 saturated carbocycles. The van der Waals surface area contributed by atoms with Crippen molar-refractivity contribution in [3.05, 3.63) is 72.3 Å². The summed E-state index contributed by atoms with van der Waals surface area (Å²) in [6.07, 6.45) is -1.02. The van der Waals surface area contributed by atoms with E-state index in [4.69, 9.17) is 23.8 Å². The number of carbonyl (C=O) groups is 2. The molecule has 2 fully saturated rings. The zero-order valence-corrected chi connectivity index (χ0v) is 21.0. The molecule has 0 unspecified atom stereocenters. The third-order valence-corrected chi connectivity index (χ3v) is 6.57. The number of hydrogen-bond acceptors (Lipinski definition) is 8. The highest BCUT2D eigenvalue weighted by Crippen LogP contribution is 2.52. The summed E-state index contributed by atoms with van der Waals surface area (Å²) in [7, 11) is 4.58. The van der Waals surface area contributed by atoms with Crippen LogP contribution in [0.1, 0.15) is 18.5 Å². The van der Waals surface area contributed by atoms with Gasteiger partial charge in [0.05, 0.1) is 39.3 Å². The number of hydroxylamine groups is 1. The zero-order valence-electron chi connectivity index (χ0n) is 21.0. The Bertz CT molecular complexity index is 1310. The van der Waals surface area contributed by atoms with E-state index in [1.807, 2.05) is 43.3 Å². The van der Waals surface area contributed by atoms with Gasteiger partial charge in [-0.15, -0.1) is 0 Å². The average Bonchev–Trinajstić information content (AvgIpc) is 3.43. The molecule has 0 radical (unpaired) electrons. The molecule has 5 rings (SSSR count). The van der Waals surface area contributed by atoms with Gasteiger partial charge < -0.3 is 18.9 Å². The summed E-state index contributed by atoms with van der Waals surface area (Å²) in [6, 6.07) is 19.1. The van der Waals surface area contributed by atoms with Crippen LogP contribution >= 0.6 is 0 Å². The van der Waals surface area contributed by atoms with Gasteiger partial charge >= 0.3 is 0 Å². The Morgan fingerprint density at radius 3 is 2.22 bits per heavy atom. The lowest BCUT2D eigenvalue weighted by atomic mass is 9.89. The quantitative estimate of drug-likeness (QED) is 0.423. The first-order chi connectivity index (χ1) is 18.0. The molecule has 3 atom stereocenters. The van der Waals surface area contributed by atoms with Crippen molar-refractivity contribution in [2.24, 2.45) is 5.92 Å². The van der Waals surface area contributed by atoms with Gasteiger partial charge in [0.1, 0.15) is 17.7 Å². The molecule has 0 N–H and O–H groups in total. The Balaban J connectivity index is 1.63. The van der Waals surface area contributed by atoms with Crippen LogP contribution in [0, 0.1) is 5.92 Å². The molecule has 3 aromatic rings. The molecular weight excluding hydrogens is 476 g/mol. The van der Waals surface area contributed by atoms with Crippen LogP contribution in [0.15, 0.2) is 66.7 Å². The van der Waals surface area contributed by atoms with Gasteiger partial charge in [-0.3, -0.25) is 14.4 Å². The molecule has 192 valence electrons. The van der Waals surface area contributed by atoms with Crippen molar-refractivity contribution in [2.45, 2.75) is 19.1 Å². The van der Waals surface area contributed by atoms with Gasteiger partial charge in [0.15, 0.2) is 17.6 Å². The fraction of sp³-hybridized carbons (Fsp3) is 0.286. The summed E-state index contributed by atoms with van der Waals surface area (Å²) in [4.78, 5) is 35.0. The van der Waals surface area contributed by atoms with Crippen LogP contribution in [0.5, 0.6) is 23.0 Å². The third-order valence-electron chi connectivity index (χ3n) is 6.57. The second-order valence-electron chi connectivity index (χ2n) is 8.52. The SMILES string of the molecule is CCOc1cccc(N2C(=O)[C@H]3[C@@H](ON(c4ccccc4)[C@H]3c3ccc(OC)c(OC)c3OC)C2=O)c1. The van der Waals surface area contributed by atoms with E-state index in [2.05, 4.69) is 0 Å². The molecule has 2 saturated heterocycles. The van der Waals surface area contributed by atoms with Gasteiger partial charge in [0.2, 0.25) is 11.7 Å². The van der Waals surface area contributed by atoms with Gasteiger partial charge in [-0.1, -0.05) is 24.3 Å². The van der Waals surface area contributed by atoms with E-state index in [-0.39, 0.29) is 5.91 Å². The highest BCUT2D eigenvalue weighted by Gasteiger charge is 2.61. The molecule has 3 aromatic carbocycles. The number of ether oxygens (including phenoxy) is 4. The lowest BCUT2D eigenvalue weighted by molar-refractivity contribution is -0.126. The normalized spacial score (nSPS) is 20.7. The van der Waals surface area contributed by atoms with Crippen LogP contribution < -0.4 is 28.9 Å². The van der Waals surface area contributed by atoms with E-state index in [0.717, 1.165) is 0 Å².